The summed E-state index contributed by atoms with van der Waals surface area (Å²) in [6.07, 6.45) is 2.47. The van der Waals surface area contributed by atoms with Crippen molar-refractivity contribution in [1.82, 2.24) is 20.9 Å². The minimum Gasteiger partial charge on any atom is -0.493 e. The Labute approximate surface area is 184 Å². The van der Waals surface area contributed by atoms with Gasteiger partial charge in [0.15, 0.2) is 0 Å². The number of nitrogens with one attached hydrogen (secondary N) is 4. The van der Waals surface area contributed by atoms with Gasteiger partial charge in [0.05, 0.1) is 19.2 Å². The molecule has 2 atom stereocenters. The lowest BCUT2D eigenvalue weighted by molar-refractivity contribution is -0.139. The normalized spacial score (nSPS) is 15.8. The van der Waals surface area contributed by atoms with E-state index in [1.807, 2.05) is 48.5 Å². The number of carboxylic acid groups (broad SMARTS) is 1. The SMILES string of the molecule is O=C(CNC(=O)N[C@H](Cc1c[nH]c2ccccc12)C(=O)O)N[C@@H]1CCOc2ccccc21. The Morgan fingerprint density at radius 1 is 1.12 bits per heavy atom. The van der Waals surface area contributed by atoms with Crippen molar-refractivity contribution < 1.29 is 24.2 Å². The van der Waals surface area contributed by atoms with Crippen LogP contribution in [-0.2, 0) is 16.0 Å². The highest BCUT2D eigenvalue weighted by atomic mass is 16.5. The second kappa shape index (κ2) is 9.42. The number of carboxylic acids is 1. The molecule has 0 saturated carbocycles. The van der Waals surface area contributed by atoms with Crippen molar-refractivity contribution >= 4 is 28.8 Å². The molecule has 2 heterocycles. The fourth-order valence-electron chi connectivity index (χ4n) is 3.83. The smallest absolute Gasteiger partial charge is 0.326 e. The van der Waals surface area contributed by atoms with Gasteiger partial charge in [-0.25, -0.2) is 9.59 Å². The Balaban J connectivity index is 1.30. The maximum Gasteiger partial charge on any atom is 0.326 e. The zero-order valence-corrected chi connectivity index (χ0v) is 17.3. The molecule has 32 heavy (non-hydrogen) atoms. The van der Waals surface area contributed by atoms with Crippen molar-refractivity contribution in [2.75, 3.05) is 13.2 Å². The number of benzene rings is 2. The summed E-state index contributed by atoms with van der Waals surface area (Å²) in [7, 11) is 0. The number of rotatable bonds is 7. The van der Waals surface area contributed by atoms with Gasteiger partial charge < -0.3 is 30.8 Å². The van der Waals surface area contributed by atoms with E-state index in [2.05, 4.69) is 20.9 Å². The maximum absolute atomic E-state index is 12.3. The first kappa shape index (κ1) is 21.2. The third-order valence-corrected chi connectivity index (χ3v) is 5.41. The number of fused-ring (bicyclic) bond motifs is 2. The number of aromatic nitrogens is 1. The van der Waals surface area contributed by atoms with Crippen molar-refractivity contribution in [3.05, 3.63) is 65.9 Å². The van der Waals surface area contributed by atoms with Gasteiger partial charge in [-0.3, -0.25) is 4.79 Å². The molecule has 0 radical (unpaired) electrons. The summed E-state index contributed by atoms with van der Waals surface area (Å²) in [5.41, 5.74) is 2.56. The van der Waals surface area contributed by atoms with E-state index in [-0.39, 0.29) is 24.9 Å². The van der Waals surface area contributed by atoms with Crippen LogP contribution in [0.4, 0.5) is 4.79 Å². The number of carbonyl (C=O) groups is 3. The molecule has 9 heteroatoms. The Morgan fingerprint density at radius 3 is 2.75 bits per heavy atom. The van der Waals surface area contributed by atoms with Crippen LogP contribution in [0.1, 0.15) is 23.6 Å². The number of ether oxygens (including phenoxy) is 1. The van der Waals surface area contributed by atoms with E-state index < -0.39 is 18.0 Å². The second-order valence-corrected chi connectivity index (χ2v) is 7.58. The van der Waals surface area contributed by atoms with Gasteiger partial charge in [0.1, 0.15) is 11.8 Å². The number of hydrogen-bond donors (Lipinski definition) is 5. The highest BCUT2D eigenvalue weighted by molar-refractivity contribution is 5.88. The van der Waals surface area contributed by atoms with Gasteiger partial charge in [-0.15, -0.1) is 0 Å². The molecule has 1 aliphatic heterocycles. The molecule has 2 aromatic carbocycles. The van der Waals surface area contributed by atoms with Crippen molar-refractivity contribution in [2.45, 2.75) is 24.9 Å². The van der Waals surface area contributed by atoms with Crippen molar-refractivity contribution in [1.29, 1.82) is 0 Å². The van der Waals surface area contributed by atoms with E-state index >= 15 is 0 Å². The Kier molecular flexibility index (Phi) is 6.25. The van der Waals surface area contributed by atoms with Crippen molar-refractivity contribution in [3.8, 4) is 5.75 Å². The number of carbonyl (C=O) groups excluding carboxylic acids is 2. The van der Waals surface area contributed by atoms with Crippen LogP contribution in [-0.4, -0.2) is 47.2 Å². The monoisotopic (exact) mass is 436 g/mol. The highest BCUT2D eigenvalue weighted by Crippen LogP contribution is 2.31. The molecule has 0 unspecified atom stereocenters. The Morgan fingerprint density at radius 2 is 1.91 bits per heavy atom. The van der Waals surface area contributed by atoms with Crippen LogP contribution in [0.25, 0.3) is 10.9 Å². The third-order valence-electron chi connectivity index (χ3n) is 5.41. The lowest BCUT2D eigenvalue weighted by Gasteiger charge is -2.26. The molecule has 9 nitrogen and oxygen atoms in total. The number of urea groups is 1. The van der Waals surface area contributed by atoms with E-state index in [1.54, 1.807) is 6.20 Å². The summed E-state index contributed by atoms with van der Waals surface area (Å²) >= 11 is 0. The summed E-state index contributed by atoms with van der Waals surface area (Å²) in [5, 5.41) is 18.2. The molecule has 3 amide bonds. The minimum atomic E-state index is -1.16. The van der Waals surface area contributed by atoms with Crippen LogP contribution in [0.2, 0.25) is 0 Å². The summed E-state index contributed by atoms with van der Waals surface area (Å²) in [4.78, 5) is 39.3. The van der Waals surface area contributed by atoms with E-state index in [4.69, 9.17) is 4.74 Å². The first-order chi connectivity index (χ1) is 15.5. The molecule has 5 N–H and O–H groups in total. The Bertz CT molecular complexity index is 1140. The molecular formula is C23H24N4O5. The molecule has 0 aliphatic carbocycles. The van der Waals surface area contributed by atoms with Gasteiger partial charge in [-0.05, 0) is 17.7 Å². The van der Waals surface area contributed by atoms with Crippen molar-refractivity contribution in [2.24, 2.45) is 0 Å². The number of hydrogen-bond acceptors (Lipinski definition) is 4. The number of para-hydroxylation sites is 2. The quantitative estimate of drug-likeness (QED) is 0.387. The van der Waals surface area contributed by atoms with Gasteiger partial charge in [0, 0.05) is 35.5 Å². The largest absolute Gasteiger partial charge is 0.493 e. The zero-order chi connectivity index (χ0) is 22.5. The topological polar surface area (TPSA) is 133 Å². The summed E-state index contributed by atoms with van der Waals surface area (Å²) in [6.45, 7) is 0.217. The van der Waals surface area contributed by atoms with Crippen LogP contribution in [0.3, 0.4) is 0 Å². The molecule has 3 aromatic rings. The molecule has 1 aromatic heterocycles. The van der Waals surface area contributed by atoms with Crippen LogP contribution >= 0.6 is 0 Å². The van der Waals surface area contributed by atoms with Gasteiger partial charge in [0.25, 0.3) is 0 Å². The van der Waals surface area contributed by atoms with Gasteiger partial charge in [-0.1, -0.05) is 36.4 Å². The van der Waals surface area contributed by atoms with Gasteiger partial charge in [-0.2, -0.15) is 0 Å². The second-order valence-electron chi connectivity index (χ2n) is 7.58. The molecule has 1 aliphatic rings. The van der Waals surface area contributed by atoms with Crippen LogP contribution < -0.4 is 20.7 Å². The third kappa shape index (κ3) is 4.83. The maximum atomic E-state index is 12.3. The average molecular weight is 436 g/mol. The predicted molar refractivity (Wildman–Crippen MR) is 117 cm³/mol. The molecule has 4 rings (SSSR count). The first-order valence-electron chi connectivity index (χ1n) is 10.3. The fraction of sp³-hybridized carbons (Fsp3) is 0.261. The fourth-order valence-corrected chi connectivity index (χ4v) is 3.83. The summed E-state index contributed by atoms with van der Waals surface area (Å²) in [6, 6.07) is 12.9. The lowest BCUT2D eigenvalue weighted by Crippen LogP contribution is -2.49. The molecule has 0 bridgehead atoms. The van der Waals surface area contributed by atoms with Gasteiger partial charge in [0.2, 0.25) is 5.91 Å². The van der Waals surface area contributed by atoms with Crippen LogP contribution in [0.15, 0.2) is 54.7 Å². The Hall–Kier alpha value is -4.01. The molecular weight excluding hydrogens is 412 g/mol. The van der Waals surface area contributed by atoms with E-state index in [9.17, 15) is 19.5 Å². The first-order valence-corrected chi connectivity index (χ1v) is 10.3. The summed E-state index contributed by atoms with van der Waals surface area (Å²) in [5.74, 6) is -0.796. The van der Waals surface area contributed by atoms with Crippen molar-refractivity contribution in [3.63, 3.8) is 0 Å². The zero-order valence-electron chi connectivity index (χ0n) is 17.3. The lowest BCUT2D eigenvalue weighted by atomic mass is 10.0. The predicted octanol–water partition coefficient (Wildman–Crippen LogP) is 2.10. The van der Waals surface area contributed by atoms with E-state index in [1.165, 1.54) is 0 Å². The van der Waals surface area contributed by atoms with Crippen LogP contribution in [0, 0.1) is 0 Å². The number of amides is 3. The van der Waals surface area contributed by atoms with Gasteiger partial charge >= 0.3 is 12.0 Å². The average Bonchev–Trinajstić information content (AvgIpc) is 3.20. The molecule has 166 valence electrons. The minimum absolute atomic E-state index is 0.109. The van der Waals surface area contributed by atoms with E-state index in [0.29, 0.717) is 13.0 Å². The highest BCUT2D eigenvalue weighted by Gasteiger charge is 2.24. The number of aromatic amines is 1. The summed E-state index contributed by atoms with van der Waals surface area (Å²) < 4.78 is 5.58. The molecule has 0 saturated heterocycles. The molecule has 0 fully saturated rings. The molecule has 0 spiro atoms. The number of H-pyrrole nitrogens is 1. The number of aliphatic carboxylic acids is 1. The van der Waals surface area contributed by atoms with Crippen LogP contribution in [0.5, 0.6) is 5.75 Å². The standard InChI is InChI=1S/C23H24N4O5/c28-21(26-18-9-10-32-20-8-4-2-6-16(18)20)13-25-23(31)27-19(22(29)30)11-14-12-24-17-7-3-1-5-15(14)17/h1-8,12,18-19,24H,9-11,13H2,(H,26,28)(H,29,30)(H2,25,27,31)/t18-,19-/m1/s1. The van der Waals surface area contributed by atoms with E-state index in [0.717, 1.165) is 27.8 Å².